The van der Waals surface area contributed by atoms with Crippen molar-refractivity contribution in [3.8, 4) is 5.69 Å². The van der Waals surface area contributed by atoms with Crippen LogP contribution in [0, 0.1) is 0 Å². The average Bonchev–Trinajstić information content (AvgIpc) is 3.35. The average molecular weight is 334 g/mol. The van der Waals surface area contributed by atoms with E-state index >= 15 is 0 Å². The van der Waals surface area contributed by atoms with Crippen LogP contribution in [0.2, 0.25) is 0 Å². The number of nitrogens with one attached hydrogen (secondary N) is 2. The van der Waals surface area contributed by atoms with Crippen LogP contribution in [0.15, 0.2) is 54.9 Å². The molecule has 4 rings (SSSR count). The number of carbonyl (C=O) groups excluding carboxylic acids is 2. The Labute approximate surface area is 144 Å². The van der Waals surface area contributed by atoms with Gasteiger partial charge < -0.3 is 10.6 Å². The Bertz CT molecular complexity index is 926. The van der Waals surface area contributed by atoms with Crippen LogP contribution in [0.25, 0.3) is 16.7 Å². The van der Waals surface area contributed by atoms with Crippen molar-refractivity contribution in [3.63, 3.8) is 0 Å². The third-order valence-electron chi connectivity index (χ3n) is 4.21. The van der Waals surface area contributed by atoms with Gasteiger partial charge in [-0.15, -0.1) is 0 Å². The van der Waals surface area contributed by atoms with Crippen LogP contribution in [-0.2, 0) is 4.79 Å². The Kier molecular flexibility index (Phi) is 3.93. The van der Waals surface area contributed by atoms with Crippen molar-refractivity contribution in [3.05, 3.63) is 60.4 Å². The van der Waals surface area contributed by atoms with Crippen LogP contribution in [-0.4, -0.2) is 34.0 Å². The van der Waals surface area contributed by atoms with Crippen molar-refractivity contribution < 1.29 is 9.59 Å². The molecule has 25 heavy (non-hydrogen) atoms. The maximum Gasteiger partial charge on any atom is 0.251 e. The molecule has 0 atom stereocenters. The third-order valence-corrected chi connectivity index (χ3v) is 4.21. The Morgan fingerprint density at radius 1 is 1.08 bits per heavy atom. The SMILES string of the molecule is O=C(CNC(=O)c1ccc(-n2cnc3ccccc32)cc1)NC1CC1. The molecule has 0 spiro atoms. The van der Waals surface area contributed by atoms with Gasteiger partial charge in [-0.05, 0) is 49.2 Å². The molecule has 2 aromatic carbocycles. The Morgan fingerprint density at radius 2 is 1.84 bits per heavy atom. The van der Waals surface area contributed by atoms with Gasteiger partial charge in [0.05, 0.1) is 17.6 Å². The summed E-state index contributed by atoms with van der Waals surface area (Å²) in [4.78, 5) is 28.1. The molecule has 0 saturated heterocycles. The number of imidazole rings is 1. The minimum atomic E-state index is -0.256. The van der Waals surface area contributed by atoms with Gasteiger partial charge in [0, 0.05) is 17.3 Å². The first-order chi connectivity index (χ1) is 12.2. The van der Waals surface area contributed by atoms with Crippen molar-refractivity contribution >= 4 is 22.8 Å². The molecule has 2 N–H and O–H groups in total. The van der Waals surface area contributed by atoms with E-state index in [-0.39, 0.29) is 18.4 Å². The van der Waals surface area contributed by atoms with E-state index in [1.54, 1.807) is 18.5 Å². The number of hydrogen-bond acceptors (Lipinski definition) is 3. The van der Waals surface area contributed by atoms with E-state index in [9.17, 15) is 9.59 Å². The second-order valence-electron chi connectivity index (χ2n) is 6.17. The summed E-state index contributed by atoms with van der Waals surface area (Å²) in [6, 6.07) is 15.4. The molecule has 6 nitrogen and oxygen atoms in total. The largest absolute Gasteiger partial charge is 0.352 e. The van der Waals surface area contributed by atoms with E-state index in [0.29, 0.717) is 11.6 Å². The molecule has 1 fully saturated rings. The molecular weight excluding hydrogens is 316 g/mol. The molecule has 3 aromatic rings. The first-order valence-electron chi connectivity index (χ1n) is 8.31. The molecule has 0 unspecified atom stereocenters. The summed E-state index contributed by atoms with van der Waals surface area (Å²) >= 11 is 0. The fourth-order valence-corrected chi connectivity index (χ4v) is 2.71. The zero-order chi connectivity index (χ0) is 17.2. The molecule has 2 amide bonds. The minimum Gasteiger partial charge on any atom is -0.352 e. The van der Waals surface area contributed by atoms with Gasteiger partial charge in [0.25, 0.3) is 5.91 Å². The second kappa shape index (κ2) is 6.39. The highest BCUT2D eigenvalue weighted by molar-refractivity contribution is 5.96. The molecule has 1 heterocycles. The van der Waals surface area contributed by atoms with Gasteiger partial charge in [0.1, 0.15) is 6.33 Å². The lowest BCUT2D eigenvalue weighted by molar-refractivity contribution is -0.120. The van der Waals surface area contributed by atoms with E-state index in [1.807, 2.05) is 41.0 Å². The molecular formula is C19H18N4O2. The highest BCUT2D eigenvalue weighted by atomic mass is 16.2. The van der Waals surface area contributed by atoms with Crippen molar-refractivity contribution in [2.75, 3.05) is 6.54 Å². The number of carbonyl (C=O) groups is 2. The number of benzene rings is 2. The quantitative estimate of drug-likeness (QED) is 0.750. The summed E-state index contributed by atoms with van der Waals surface area (Å²) < 4.78 is 1.97. The summed E-state index contributed by atoms with van der Waals surface area (Å²) in [5.41, 5.74) is 3.38. The summed E-state index contributed by atoms with van der Waals surface area (Å²) in [6.07, 6.45) is 3.83. The van der Waals surface area contributed by atoms with E-state index < -0.39 is 0 Å². The fraction of sp³-hybridized carbons (Fsp3) is 0.211. The van der Waals surface area contributed by atoms with Crippen molar-refractivity contribution in [1.29, 1.82) is 0 Å². The maximum absolute atomic E-state index is 12.2. The number of fused-ring (bicyclic) bond motifs is 1. The maximum atomic E-state index is 12.2. The Hall–Kier alpha value is -3.15. The number of amides is 2. The monoisotopic (exact) mass is 334 g/mol. The second-order valence-corrected chi connectivity index (χ2v) is 6.17. The molecule has 1 aliphatic carbocycles. The number of nitrogens with zero attached hydrogens (tertiary/aromatic N) is 2. The van der Waals surface area contributed by atoms with Crippen LogP contribution >= 0.6 is 0 Å². The van der Waals surface area contributed by atoms with Gasteiger partial charge in [0.2, 0.25) is 5.91 Å². The predicted molar refractivity (Wildman–Crippen MR) is 94.6 cm³/mol. The Balaban J connectivity index is 1.44. The van der Waals surface area contributed by atoms with Crippen LogP contribution in [0.3, 0.4) is 0 Å². The van der Waals surface area contributed by atoms with Gasteiger partial charge in [-0.2, -0.15) is 0 Å². The lowest BCUT2D eigenvalue weighted by Crippen LogP contribution is -2.37. The van der Waals surface area contributed by atoms with E-state index in [2.05, 4.69) is 15.6 Å². The first kappa shape index (κ1) is 15.4. The molecule has 1 aliphatic rings. The van der Waals surface area contributed by atoms with Gasteiger partial charge in [-0.1, -0.05) is 12.1 Å². The molecule has 126 valence electrons. The van der Waals surface area contributed by atoms with Crippen molar-refractivity contribution in [2.24, 2.45) is 0 Å². The standard InChI is InChI=1S/C19H18N4O2/c24-18(22-14-7-8-14)11-20-19(25)13-5-9-15(10-6-13)23-12-21-16-3-1-2-4-17(16)23/h1-6,9-10,12,14H,7-8,11H2,(H,20,25)(H,22,24). The van der Waals surface area contributed by atoms with E-state index in [1.165, 1.54) is 0 Å². The van der Waals surface area contributed by atoms with Crippen LogP contribution < -0.4 is 10.6 Å². The minimum absolute atomic E-state index is 0.00322. The molecule has 6 heteroatoms. The fourth-order valence-electron chi connectivity index (χ4n) is 2.71. The lowest BCUT2D eigenvalue weighted by atomic mass is 10.2. The molecule has 0 bridgehead atoms. The number of hydrogen-bond donors (Lipinski definition) is 2. The summed E-state index contributed by atoms with van der Waals surface area (Å²) in [5, 5.41) is 5.49. The zero-order valence-corrected chi connectivity index (χ0v) is 13.6. The van der Waals surface area contributed by atoms with E-state index in [0.717, 1.165) is 29.6 Å². The zero-order valence-electron chi connectivity index (χ0n) is 13.6. The normalized spacial score (nSPS) is 13.6. The highest BCUT2D eigenvalue weighted by Gasteiger charge is 2.23. The first-order valence-corrected chi connectivity index (χ1v) is 8.31. The molecule has 0 radical (unpaired) electrons. The summed E-state index contributed by atoms with van der Waals surface area (Å²) in [5.74, 6) is -0.398. The number of para-hydroxylation sites is 2. The smallest absolute Gasteiger partial charge is 0.251 e. The summed E-state index contributed by atoms with van der Waals surface area (Å²) in [6.45, 7) is 0.00322. The van der Waals surface area contributed by atoms with Gasteiger partial charge in [-0.3, -0.25) is 14.2 Å². The van der Waals surface area contributed by atoms with Crippen LogP contribution in [0.5, 0.6) is 0 Å². The topological polar surface area (TPSA) is 76.0 Å². The van der Waals surface area contributed by atoms with Gasteiger partial charge in [-0.25, -0.2) is 4.98 Å². The third kappa shape index (κ3) is 3.38. The van der Waals surface area contributed by atoms with Crippen LogP contribution in [0.4, 0.5) is 0 Å². The number of rotatable bonds is 5. The highest BCUT2D eigenvalue weighted by Crippen LogP contribution is 2.19. The Morgan fingerprint density at radius 3 is 2.60 bits per heavy atom. The lowest BCUT2D eigenvalue weighted by Gasteiger charge is -2.08. The van der Waals surface area contributed by atoms with Crippen molar-refractivity contribution in [2.45, 2.75) is 18.9 Å². The summed E-state index contributed by atoms with van der Waals surface area (Å²) in [7, 11) is 0. The van der Waals surface area contributed by atoms with Gasteiger partial charge in [0.15, 0.2) is 0 Å². The van der Waals surface area contributed by atoms with Crippen LogP contribution in [0.1, 0.15) is 23.2 Å². The van der Waals surface area contributed by atoms with E-state index in [4.69, 9.17) is 0 Å². The predicted octanol–water partition coefficient (Wildman–Crippen LogP) is 2.03. The molecule has 1 saturated carbocycles. The molecule has 1 aromatic heterocycles. The van der Waals surface area contributed by atoms with Crippen molar-refractivity contribution in [1.82, 2.24) is 20.2 Å². The van der Waals surface area contributed by atoms with Gasteiger partial charge >= 0.3 is 0 Å². The molecule has 0 aliphatic heterocycles. The number of aromatic nitrogens is 2.